The molecule has 1 aliphatic carbocycles. The van der Waals surface area contributed by atoms with Gasteiger partial charge in [0.2, 0.25) is 0 Å². The zero-order chi connectivity index (χ0) is 12.8. The minimum atomic E-state index is 0.458. The molecule has 0 bridgehead atoms. The van der Waals surface area contributed by atoms with Crippen molar-refractivity contribution in [3.63, 3.8) is 0 Å². The van der Waals surface area contributed by atoms with Crippen LogP contribution in [0.4, 0.5) is 0 Å². The summed E-state index contributed by atoms with van der Waals surface area (Å²) in [5, 5.41) is 0. The smallest absolute Gasteiger partial charge is 0.0246 e. The average Bonchev–Trinajstić information content (AvgIpc) is 1.99. The second kappa shape index (κ2) is 3.75. The third-order valence-electron chi connectivity index (χ3n) is 5.52. The molecule has 0 spiro atoms. The van der Waals surface area contributed by atoms with Crippen molar-refractivity contribution < 1.29 is 0 Å². The molecule has 1 fully saturated rings. The molecule has 2 atom stereocenters. The van der Waals surface area contributed by atoms with Crippen LogP contribution in [0.25, 0.3) is 0 Å². The lowest BCUT2D eigenvalue weighted by Gasteiger charge is -2.69. The summed E-state index contributed by atoms with van der Waals surface area (Å²) >= 11 is 0. The van der Waals surface area contributed by atoms with Crippen molar-refractivity contribution in [3.8, 4) is 0 Å². The van der Waals surface area contributed by atoms with E-state index in [0.717, 1.165) is 0 Å². The van der Waals surface area contributed by atoms with Gasteiger partial charge in [-0.15, -0.1) is 0 Å². The van der Waals surface area contributed by atoms with Gasteiger partial charge in [-0.3, -0.25) is 0 Å². The van der Waals surface area contributed by atoms with Gasteiger partial charge in [-0.05, 0) is 40.9 Å². The summed E-state index contributed by atoms with van der Waals surface area (Å²) in [6.45, 7) is 19.5. The minimum Gasteiger partial charge on any atom is -0.0654 e. The Morgan fingerprint density at radius 1 is 0.938 bits per heavy atom. The molecule has 0 saturated heterocycles. The molecular formula is C16H32. The van der Waals surface area contributed by atoms with Crippen LogP contribution in [0.15, 0.2) is 0 Å². The van der Waals surface area contributed by atoms with Crippen molar-refractivity contribution in [2.45, 2.75) is 81.1 Å². The minimum absolute atomic E-state index is 0.458. The Balaban J connectivity index is 2.83. The molecule has 0 amide bonds. The molecular weight excluding hydrogens is 192 g/mol. The van der Waals surface area contributed by atoms with Crippen LogP contribution in [0.1, 0.15) is 81.1 Å². The first-order valence-corrected chi connectivity index (χ1v) is 6.97. The molecule has 0 N–H and O–H groups in total. The third-order valence-corrected chi connectivity index (χ3v) is 5.52. The fourth-order valence-electron chi connectivity index (χ4n) is 4.33. The van der Waals surface area contributed by atoms with Gasteiger partial charge in [-0.1, -0.05) is 61.8 Å². The largest absolute Gasteiger partial charge is 0.0654 e. The summed E-state index contributed by atoms with van der Waals surface area (Å²) in [5.74, 6) is 0. The first-order valence-electron chi connectivity index (χ1n) is 6.97. The van der Waals surface area contributed by atoms with Gasteiger partial charge in [0, 0.05) is 0 Å². The molecule has 0 aromatic heterocycles. The van der Waals surface area contributed by atoms with E-state index >= 15 is 0 Å². The van der Waals surface area contributed by atoms with Gasteiger partial charge >= 0.3 is 0 Å². The maximum atomic E-state index is 2.51. The quantitative estimate of drug-likeness (QED) is 0.580. The maximum absolute atomic E-state index is 2.51. The van der Waals surface area contributed by atoms with Gasteiger partial charge in [0.25, 0.3) is 0 Å². The van der Waals surface area contributed by atoms with E-state index in [-0.39, 0.29) is 0 Å². The van der Waals surface area contributed by atoms with Crippen LogP contribution >= 0.6 is 0 Å². The van der Waals surface area contributed by atoms with Crippen molar-refractivity contribution in [3.05, 3.63) is 0 Å². The van der Waals surface area contributed by atoms with Crippen LogP contribution in [0, 0.1) is 21.7 Å². The molecule has 0 aromatic rings. The second-order valence-electron chi connectivity index (χ2n) is 8.41. The molecule has 96 valence electrons. The van der Waals surface area contributed by atoms with E-state index in [1.807, 2.05) is 0 Å². The second-order valence-corrected chi connectivity index (χ2v) is 8.41. The van der Waals surface area contributed by atoms with Crippen molar-refractivity contribution in [2.75, 3.05) is 0 Å². The Bertz CT molecular complexity index is 256. The van der Waals surface area contributed by atoms with Gasteiger partial charge in [0.1, 0.15) is 0 Å². The molecule has 1 aliphatic rings. The molecule has 0 heteroatoms. The lowest BCUT2D eigenvalue weighted by Crippen LogP contribution is -2.61. The fraction of sp³-hybridized carbons (Fsp3) is 1.00. The highest BCUT2D eigenvalue weighted by Crippen LogP contribution is 2.71. The number of rotatable bonds is 3. The number of hydrogen-bond acceptors (Lipinski definition) is 0. The molecule has 16 heavy (non-hydrogen) atoms. The molecule has 0 nitrogen and oxygen atoms in total. The van der Waals surface area contributed by atoms with Gasteiger partial charge in [-0.2, -0.15) is 0 Å². The van der Waals surface area contributed by atoms with Gasteiger partial charge < -0.3 is 0 Å². The standard InChI is InChI=1S/C16H32/c1-9-10-15(7)12-16(8,14(15,5)6)11-13(2,3)4/h9-12H2,1-8H3. The van der Waals surface area contributed by atoms with Crippen LogP contribution in [0.3, 0.4) is 0 Å². The van der Waals surface area contributed by atoms with Crippen molar-refractivity contribution >= 4 is 0 Å². The first-order chi connectivity index (χ1) is 6.97. The SMILES string of the molecule is CCCC1(C)CC(C)(CC(C)(C)C)C1(C)C. The van der Waals surface area contributed by atoms with Gasteiger partial charge in [-0.25, -0.2) is 0 Å². The Morgan fingerprint density at radius 3 is 1.75 bits per heavy atom. The van der Waals surface area contributed by atoms with Crippen molar-refractivity contribution in [1.29, 1.82) is 0 Å². The van der Waals surface area contributed by atoms with Crippen LogP contribution in [-0.2, 0) is 0 Å². The van der Waals surface area contributed by atoms with Crippen molar-refractivity contribution in [1.82, 2.24) is 0 Å². The number of hydrogen-bond donors (Lipinski definition) is 0. The Kier molecular flexibility index (Phi) is 3.30. The van der Waals surface area contributed by atoms with Gasteiger partial charge in [0.05, 0.1) is 0 Å². The predicted octanol–water partition coefficient (Wildman–Crippen LogP) is 5.67. The summed E-state index contributed by atoms with van der Waals surface area (Å²) in [4.78, 5) is 0. The van der Waals surface area contributed by atoms with E-state index < -0.39 is 0 Å². The molecule has 0 aromatic carbocycles. The van der Waals surface area contributed by atoms with E-state index in [0.29, 0.717) is 21.7 Å². The van der Waals surface area contributed by atoms with E-state index in [4.69, 9.17) is 0 Å². The third kappa shape index (κ3) is 2.05. The Hall–Kier alpha value is 0. The Morgan fingerprint density at radius 2 is 1.44 bits per heavy atom. The molecule has 1 saturated carbocycles. The average molecular weight is 224 g/mol. The zero-order valence-electron chi connectivity index (χ0n) is 12.8. The van der Waals surface area contributed by atoms with Gasteiger partial charge in [0.15, 0.2) is 0 Å². The van der Waals surface area contributed by atoms with E-state index in [2.05, 4.69) is 55.4 Å². The van der Waals surface area contributed by atoms with Crippen LogP contribution in [-0.4, -0.2) is 0 Å². The molecule has 2 unspecified atom stereocenters. The normalized spacial score (nSPS) is 38.2. The van der Waals surface area contributed by atoms with Crippen LogP contribution in [0.2, 0.25) is 0 Å². The van der Waals surface area contributed by atoms with E-state index in [9.17, 15) is 0 Å². The first kappa shape index (κ1) is 14.1. The maximum Gasteiger partial charge on any atom is -0.0246 e. The molecule has 0 radical (unpaired) electrons. The summed E-state index contributed by atoms with van der Waals surface area (Å²) in [5.41, 5.74) is 2.06. The lowest BCUT2D eigenvalue weighted by atomic mass is 9.36. The summed E-state index contributed by atoms with van der Waals surface area (Å²) in [7, 11) is 0. The molecule has 0 aliphatic heterocycles. The zero-order valence-corrected chi connectivity index (χ0v) is 12.8. The highest BCUT2D eigenvalue weighted by molar-refractivity contribution is 5.12. The lowest BCUT2D eigenvalue weighted by molar-refractivity contribution is -0.197. The topological polar surface area (TPSA) is 0 Å². The summed E-state index contributed by atoms with van der Waals surface area (Å²) < 4.78 is 0. The monoisotopic (exact) mass is 224 g/mol. The molecule has 1 rings (SSSR count). The van der Waals surface area contributed by atoms with E-state index in [1.165, 1.54) is 25.7 Å². The predicted molar refractivity (Wildman–Crippen MR) is 73.6 cm³/mol. The summed E-state index contributed by atoms with van der Waals surface area (Å²) in [6, 6.07) is 0. The van der Waals surface area contributed by atoms with Crippen LogP contribution in [0.5, 0.6) is 0 Å². The Labute approximate surface area is 103 Å². The highest BCUT2D eigenvalue weighted by Gasteiger charge is 2.63. The highest BCUT2D eigenvalue weighted by atomic mass is 14.7. The molecule has 0 heterocycles. The fourth-order valence-corrected chi connectivity index (χ4v) is 4.33. The van der Waals surface area contributed by atoms with Crippen LogP contribution < -0.4 is 0 Å². The summed E-state index contributed by atoms with van der Waals surface area (Å²) in [6.07, 6.45) is 5.48. The van der Waals surface area contributed by atoms with E-state index in [1.54, 1.807) is 0 Å². The van der Waals surface area contributed by atoms with Crippen molar-refractivity contribution in [2.24, 2.45) is 21.7 Å².